The molecule has 1 aliphatic heterocycles. The van der Waals surface area contributed by atoms with E-state index in [9.17, 15) is 0 Å². The molecule has 0 aromatic carbocycles. The van der Waals surface area contributed by atoms with E-state index in [2.05, 4.69) is 17.7 Å². The Morgan fingerprint density at radius 2 is 2.09 bits per heavy atom. The minimum absolute atomic E-state index is 0.634. The summed E-state index contributed by atoms with van der Waals surface area (Å²) in [5.41, 5.74) is 0.634. The molecule has 0 radical (unpaired) electrons. The summed E-state index contributed by atoms with van der Waals surface area (Å²) in [4.78, 5) is 0. The van der Waals surface area contributed by atoms with Crippen molar-refractivity contribution in [2.24, 2.45) is 5.41 Å². The summed E-state index contributed by atoms with van der Waals surface area (Å²) >= 11 is 0. The SMILES string of the molecule is CNC1CNCC12CCCC2. The van der Waals surface area contributed by atoms with Crippen molar-refractivity contribution >= 4 is 0 Å². The summed E-state index contributed by atoms with van der Waals surface area (Å²) < 4.78 is 0. The average Bonchev–Trinajstić information content (AvgIpc) is 2.62. The van der Waals surface area contributed by atoms with Crippen LogP contribution in [0, 0.1) is 5.41 Å². The maximum atomic E-state index is 3.49. The fourth-order valence-corrected chi connectivity index (χ4v) is 2.82. The van der Waals surface area contributed by atoms with Crippen LogP contribution in [0.25, 0.3) is 0 Å². The molecule has 64 valence electrons. The molecule has 0 aromatic rings. The van der Waals surface area contributed by atoms with Gasteiger partial charge in [0.15, 0.2) is 0 Å². The van der Waals surface area contributed by atoms with Gasteiger partial charge in [0.1, 0.15) is 0 Å². The van der Waals surface area contributed by atoms with Crippen LogP contribution in [0.1, 0.15) is 25.7 Å². The first-order chi connectivity index (χ1) is 5.37. The van der Waals surface area contributed by atoms with E-state index in [0.29, 0.717) is 5.41 Å². The largest absolute Gasteiger partial charge is 0.315 e. The Kier molecular flexibility index (Phi) is 1.90. The predicted molar refractivity (Wildman–Crippen MR) is 46.6 cm³/mol. The Morgan fingerprint density at radius 1 is 1.36 bits per heavy atom. The highest BCUT2D eigenvalue weighted by Gasteiger charge is 2.43. The second-order valence-electron chi connectivity index (χ2n) is 4.04. The summed E-state index contributed by atoms with van der Waals surface area (Å²) in [6, 6.07) is 0.741. The molecule has 2 nitrogen and oxygen atoms in total. The van der Waals surface area contributed by atoms with E-state index in [1.807, 2.05) is 0 Å². The molecule has 1 unspecified atom stereocenters. The number of hydrogen-bond donors (Lipinski definition) is 2. The van der Waals surface area contributed by atoms with Crippen LogP contribution in [-0.4, -0.2) is 26.2 Å². The topological polar surface area (TPSA) is 24.1 Å². The second kappa shape index (κ2) is 2.76. The van der Waals surface area contributed by atoms with Crippen molar-refractivity contribution in [3.63, 3.8) is 0 Å². The predicted octanol–water partition coefficient (Wildman–Crippen LogP) is 0.738. The third-order valence-electron chi connectivity index (χ3n) is 3.51. The Labute approximate surface area is 68.7 Å². The van der Waals surface area contributed by atoms with E-state index in [1.165, 1.54) is 38.8 Å². The Morgan fingerprint density at radius 3 is 2.73 bits per heavy atom. The van der Waals surface area contributed by atoms with E-state index < -0.39 is 0 Å². The molecule has 1 atom stereocenters. The van der Waals surface area contributed by atoms with Gasteiger partial charge in [-0.15, -0.1) is 0 Å². The molecule has 2 N–H and O–H groups in total. The summed E-state index contributed by atoms with van der Waals surface area (Å²) in [5.74, 6) is 0. The summed E-state index contributed by atoms with van der Waals surface area (Å²) in [6.45, 7) is 2.43. The second-order valence-corrected chi connectivity index (χ2v) is 4.04. The lowest BCUT2D eigenvalue weighted by molar-refractivity contribution is 0.267. The van der Waals surface area contributed by atoms with Crippen molar-refractivity contribution in [3.8, 4) is 0 Å². The van der Waals surface area contributed by atoms with E-state index in [-0.39, 0.29) is 0 Å². The van der Waals surface area contributed by atoms with Crippen LogP contribution < -0.4 is 10.6 Å². The highest BCUT2D eigenvalue weighted by atomic mass is 15.1. The standard InChI is InChI=1S/C9H18N2/c1-10-8-6-11-7-9(8)4-2-3-5-9/h8,10-11H,2-7H2,1H3. The average molecular weight is 154 g/mol. The molecule has 2 rings (SSSR count). The lowest BCUT2D eigenvalue weighted by Gasteiger charge is -2.29. The Bertz CT molecular complexity index is 133. The quantitative estimate of drug-likeness (QED) is 0.582. The van der Waals surface area contributed by atoms with Crippen LogP contribution in [0.5, 0.6) is 0 Å². The van der Waals surface area contributed by atoms with Gasteiger partial charge in [-0.3, -0.25) is 0 Å². The summed E-state index contributed by atoms with van der Waals surface area (Å²) in [6.07, 6.45) is 5.76. The van der Waals surface area contributed by atoms with Gasteiger partial charge in [0.05, 0.1) is 0 Å². The van der Waals surface area contributed by atoms with Gasteiger partial charge in [0, 0.05) is 19.1 Å². The van der Waals surface area contributed by atoms with Crippen molar-refractivity contribution in [2.45, 2.75) is 31.7 Å². The third-order valence-corrected chi connectivity index (χ3v) is 3.51. The molecule has 0 bridgehead atoms. The smallest absolute Gasteiger partial charge is 0.0257 e. The van der Waals surface area contributed by atoms with E-state index in [1.54, 1.807) is 0 Å². The fraction of sp³-hybridized carbons (Fsp3) is 1.00. The van der Waals surface area contributed by atoms with Crippen molar-refractivity contribution in [1.29, 1.82) is 0 Å². The molecule has 1 saturated heterocycles. The minimum Gasteiger partial charge on any atom is -0.315 e. The lowest BCUT2D eigenvalue weighted by Crippen LogP contribution is -2.40. The molecular formula is C9H18N2. The van der Waals surface area contributed by atoms with Gasteiger partial charge in [-0.25, -0.2) is 0 Å². The number of likely N-dealkylation sites (N-methyl/N-ethyl adjacent to an activating group) is 1. The van der Waals surface area contributed by atoms with Crippen LogP contribution in [0.3, 0.4) is 0 Å². The third kappa shape index (κ3) is 1.09. The van der Waals surface area contributed by atoms with E-state index >= 15 is 0 Å². The molecule has 1 spiro atoms. The van der Waals surface area contributed by atoms with Gasteiger partial charge in [-0.2, -0.15) is 0 Å². The van der Waals surface area contributed by atoms with Crippen molar-refractivity contribution in [3.05, 3.63) is 0 Å². The van der Waals surface area contributed by atoms with Gasteiger partial charge in [0.2, 0.25) is 0 Å². The highest BCUT2D eigenvalue weighted by Crippen LogP contribution is 2.42. The van der Waals surface area contributed by atoms with Crippen LogP contribution >= 0.6 is 0 Å². The van der Waals surface area contributed by atoms with Crippen molar-refractivity contribution in [1.82, 2.24) is 10.6 Å². The summed E-state index contributed by atoms with van der Waals surface area (Å²) in [7, 11) is 2.09. The van der Waals surface area contributed by atoms with Crippen LogP contribution in [0.15, 0.2) is 0 Å². The Balaban J connectivity index is 2.09. The first-order valence-electron chi connectivity index (χ1n) is 4.75. The maximum absolute atomic E-state index is 3.49. The van der Waals surface area contributed by atoms with Gasteiger partial charge in [-0.05, 0) is 25.3 Å². The molecule has 1 saturated carbocycles. The van der Waals surface area contributed by atoms with E-state index in [0.717, 1.165) is 6.04 Å². The van der Waals surface area contributed by atoms with Crippen LogP contribution in [0.4, 0.5) is 0 Å². The number of hydrogen-bond acceptors (Lipinski definition) is 2. The van der Waals surface area contributed by atoms with Crippen LogP contribution in [0.2, 0.25) is 0 Å². The molecule has 0 amide bonds. The molecule has 1 heterocycles. The van der Waals surface area contributed by atoms with Crippen molar-refractivity contribution in [2.75, 3.05) is 20.1 Å². The molecule has 2 fully saturated rings. The monoisotopic (exact) mass is 154 g/mol. The first-order valence-corrected chi connectivity index (χ1v) is 4.75. The van der Waals surface area contributed by atoms with Gasteiger partial charge in [0.25, 0.3) is 0 Å². The number of nitrogens with one attached hydrogen (secondary N) is 2. The van der Waals surface area contributed by atoms with E-state index in [4.69, 9.17) is 0 Å². The van der Waals surface area contributed by atoms with Gasteiger partial charge >= 0.3 is 0 Å². The minimum atomic E-state index is 0.634. The van der Waals surface area contributed by atoms with Gasteiger partial charge < -0.3 is 10.6 Å². The fourth-order valence-electron chi connectivity index (χ4n) is 2.82. The normalized spacial score (nSPS) is 35.2. The molecule has 1 aliphatic carbocycles. The molecule has 0 aromatic heterocycles. The Hall–Kier alpha value is -0.0800. The molecule has 2 aliphatic rings. The number of rotatable bonds is 1. The van der Waals surface area contributed by atoms with Crippen molar-refractivity contribution < 1.29 is 0 Å². The maximum Gasteiger partial charge on any atom is 0.0257 e. The zero-order valence-electron chi connectivity index (χ0n) is 7.32. The molecule has 2 heteroatoms. The highest BCUT2D eigenvalue weighted by molar-refractivity contribution is 5.01. The summed E-state index contributed by atoms with van der Waals surface area (Å²) in [5, 5.41) is 6.93. The first kappa shape index (κ1) is 7.56. The zero-order valence-corrected chi connectivity index (χ0v) is 7.32. The van der Waals surface area contributed by atoms with Crippen LogP contribution in [-0.2, 0) is 0 Å². The zero-order chi connectivity index (χ0) is 7.73. The lowest BCUT2D eigenvalue weighted by atomic mass is 9.81. The molecule has 11 heavy (non-hydrogen) atoms. The van der Waals surface area contributed by atoms with Gasteiger partial charge in [-0.1, -0.05) is 12.8 Å². The molecular weight excluding hydrogens is 136 g/mol.